The zero-order valence-corrected chi connectivity index (χ0v) is 15.8. The lowest BCUT2D eigenvalue weighted by atomic mass is 10.1. The number of methoxy groups -OCH3 is 2. The van der Waals surface area contributed by atoms with E-state index in [0.29, 0.717) is 24.1 Å². The molecule has 0 spiro atoms. The first kappa shape index (κ1) is 19.4. The lowest BCUT2D eigenvalue weighted by molar-refractivity contribution is 0.311. The van der Waals surface area contributed by atoms with Crippen molar-refractivity contribution < 1.29 is 14.2 Å². The zero-order chi connectivity index (χ0) is 18.8. The molecule has 0 aliphatic heterocycles. The molecule has 2 N–H and O–H groups in total. The predicted molar refractivity (Wildman–Crippen MR) is 106 cm³/mol. The Kier molecular flexibility index (Phi) is 7.61. The van der Waals surface area contributed by atoms with Gasteiger partial charge >= 0.3 is 0 Å². The fourth-order valence-electron chi connectivity index (χ4n) is 2.49. The zero-order valence-electron chi connectivity index (χ0n) is 15.8. The van der Waals surface area contributed by atoms with Crippen LogP contribution >= 0.6 is 0 Å². The van der Waals surface area contributed by atoms with Crippen molar-refractivity contribution in [3.63, 3.8) is 0 Å². The second-order valence-corrected chi connectivity index (χ2v) is 5.52. The van der Waals surface area contributed by atoms with E-state index in [1.54, 1.807) is 21.3 Å². The van der Waals surface area contributed by atoms with Gasteiger partial charge in [0.2, 0.25) is 0 Å². The number of aliphatic imine (C=N–C) groups is 1. The molecule has 0 unspecified atom stereocenters. The van der Waals surface area contributed by atoms with Crippen molar-refractivity contribution in [3.05, 3.63) is 48.0 Å². The summed E-state index contributed by atoms with van der Waals surface area (Å²) in [5, 5.41) is 6.58. The van der Waals surface area contributed by atoms with Crippen LogP contribution in [0.1, 0.15) is 12.5 Å². The van der Waals surface area contributed by atoms with E-state index < -0.39 is 0 Å². The molecule has 0 bridgehead atoms. The highest BCUT2D eigenvalue weighted by Gasteiger charge is 2.07. The Labute approximate surface area is 155 Å². The van der Waals surface area contributed by atoms with Crippen molar-refractivity contribution in [1.82, 2.24) is 5.32 Å². The number of benzene rings is 2. The molecule has 0 fully saturated rings. The SMILES string of the molecule is CCOc1cc(NC(=NC)NCCc2cccc(OC)c2)ccc1OC. The summed E-state index contributed by atoms with van der Waals surface area (Å²) in [6, 6.07) is 13.8. The summed E-state index contributed by atoms with van der Waals surface area (Å²) in [6.07, 6.45) is 0.866. The average Bonchev–Trinajstić information content (AvgIpc) is 2.68. The number of anilines is 1. The van der Waals surface area contributed by atoms with Crippen molar-refractivity contribution in [2.75, 3.05) is 39.7 Å². The van der Waals surface area contributed by atoms with Crippen molar-refractivity contribution >= 4 is 11.6 Å². The number of hydrogen-bond acceptors (Lipinski definition) is 4. The lowest BCUT2D eigenvalue weighted by Crippen LogP contribution is -2.32. The maximum absolute atomic E-state index is 5.61. The van der Waals surface area contributed by atoms with Gasteiger partial charge in [-0.1, -0.05) is 12.1 Å². The Morgan fingerprint density at radius 3 is 2.58 bits per heavy atom. The van der Waals surface area contributed by atoms with Gasteiger partial charge in [0.25, 0.3) is 0 Å². The molecule has 2 rings (SSSR count). The van der Waals surface area contributed by atoms with Gasteiger partial charge in [-0.25, -0.2) is 0 Å². The third-order valence-electron chi connectivity index (χ3n) is 3.79. The van der Waals surface area contributed by atoms with Gasteiger partial charge in [-0.05, 0) is 43.2 Å². The summed E-state index contributed by atoms with van der Waals surface area (Å²) in [7, 11) is 5.05. The predicted octanol–water partition coefficient (Wildman–Crippen LogP) is 3.33. The van der Waals surface area contributed by atoms with Crippen LogP contribution in [0.15, 0.2) is 47.5 Å². The quantitative estimate of drug-likeness (QED) is 0.560. The molecular weight excluding hydrogens is 330 g/mol. The summed E-state index contributed by atoms with van der Waals surface area (Å²) in [5.41, 5.74) is 2.08. The first-order chi connectivity index (χ1) is 12.7. The van der Waals surface area contributed by atoms with Gasteiger partial charge in [-0.3, -0.25) is 4.99 Å². The highest BCUT2D eigenvalue weighted by molar-refractivity contribution is 5.93. The minimum absolute atomic E-state index is 0.577. The van der Waals surface area contributed by atoms with Crippen molar-refractivity contribution in [2.24, 2.45) is 4.99 Å². The highest BCUT2D eigenvalue weighted by Crippen LogP contribution is 2.30. The third-order valence-corrected chi connectivity index (χ3v) is 3.79. The summed E-state index contributed by atoms with van der Waals surface area (Å²) in [4.78, 5) is 4.26. The molecule has 0 amide bonds. The number of nitrogens with one attached hydrogen (secondary N) is 2. The number of hydrogen-bond donors (Lipinski definition) is 2. The molecule has 2 aromatic rings. The minimum atomic E-state index is 0.577. The summed E-state index contributed by atoms with van der Waals surface area (Å²) < 4.78 is 16.2. The standard InChI is InChI=1S/C20H27N3O3/c1-5-26-19-14-16(9-10-18(19)25-4)23-20(21-2)22-12-11-15-7-6-8-17(13-15)24-3/h6-10,13-14H,5,11-12H2,1-4H3,(H2,21,22,23). The average molecular weight is 357 g/mol. The molecule has 2 aromatic carbocycles. The van der Waals surface area contributed by atoms with Crippen LogP contribution in [0.4, 0.5) is 5.69 Å². The van der Waals surface area contributed by atoms with E-state index in [4.69, 9.17) is 14.2 Å². The van der Waals surface area contributed by atoms with E-state index in [2.05, 4.69) is 21.7 Å². The van der Waals surface area contributed by atoms with Crippen molar-refractivity contribution in [1.29, 1.82) is 0 Å². The van der Waals surface area contributed by atoms with E-state index in [-0.39, 0.29) is 0 Å². The van der Waals surface area contributed by atoms with Crippen molar-refractivity contribution in [2.45, 2.75) is 13.3 Å². The fourth-order valence-corrected chi connectivity index (χ4v) is 2.49. The topological polar surface area (TPSA) is 64.1 Å². The van der Waals surface area contributed by atoms with Crippen molar-refractivity contribution in [3.8, 4) is 17.2 Å². The fraction of sp³-hybridized carbons (Fsp3) is 0.350. The second kappa shape index (κ2) is 10.2. The van der Waals surface area contributed by atoms with Crippen LogP contribution < -0.4 is 24.8 Å². The second-order valence-electron chi connectivity index (χ2n) is 5.52. The molecule has 0 aromatic heterocycles. The van der Waals surface area contributed by atoms with Gasteiger partial charge in [0.05, 0.1) is 20.8 Å². The van der Waals surface area contributed by atoms with E-state index >= 15 is 0 Å². The lowest BCUT2D eigenvalue weighted by Gasteiger charge is -2.15. The minimum Gasteiger partial charge on any atom is -0.497 e. The van der Waals surface area contributed by atoms with Gasteiger partial charge in [0, 0.05) is 25.3 Å². The van der Waals surface area contributed by atoms with Crippen LogP contribution in [0.25, 0.3) is 0 Å². The molecule has 0 aliphatic carbocycles. The maximum Gasteiger partial charge on any atom is 0.195 e. The smallest absolute Gasteiger partial charge is 0.195 e. The molecule has 0 saturated carbocycles. The molecule has 0 saturated heterocycles. The highest BCUT2D eigenvalue weighted by atomic mass is 16.5. The Balaban J connectivity index is 1.93. The van der Waals surface area contributed by atoms with E-state index in [9.17, 15) is 0 Å². The molecule has 0 aliphatic rings. The van der Waals surface area contributed by atoms with Crippen LogP contribution in [-0.4, -0.2) is 40.4 Å². The number of rotatable bonds is 8. The van der Waals surface area contributed by atoms with Gasteiger partial charge in [0.15, 0.2) is 17.5 Å². The van der Waals surface area contributed by atoms with Gasteiger partial charge in [-0.15, -0.1) is 0 Å². The van der Waals surface area contributed by atoms with Crippen LogP contribution in [-0.2, 0) is 6.42 Å². The molecule has 0 heterocycles. The Morgan fingerprint density at radius 2 is 1.88 bits per heavy atom. The monoisotopic (exact) mass is 357 g/mol. The molecule has 0 radical (unpaired) electrons. The molecule has 6 nitrogen and oxygen atoms in total. The van der Waals surface area contributed by atoms with Crippen LogP contribution in [0.2, 0.25) is 0 Å². The Morgan fingerprint density at radius 1 is 1.04 bits per heavy atom. The molecule has 0 atom stereocenters. The Bertz CT molecular complexity index is 732. The van der Waals surface area contributed by atoms with Gasteiger partial charge in [0.1, 0.15) is 5.75 Å². The van der Waals surface area contributed by atoms with Gasteiger partial charge < -0.3 is 24.8 Å². The van der Waals surface area contributed by atoms with Crippen LogP contribution in [0, 0.1) is 0 Å². The third kappa shape index (κ3) is 5.58. The number of nitrogens with zero attached hydrogens (tertiary/aromatic N) is 1. The maximum atomic E-state index is 5.61. The normalized spacial score (nSPS) is 11.0. The number of guanidine groups is 1. The van der Waals surface area contributed by atoms with E-state index in [1.807, 2.05) is 43.3 Å². The van der Waals surface area contributed by atoms with Gasteiger partial charge in [-0.2, -0.15) is 0 Å². The van der Waals surface area contributed by atoms with E-state index in [0.717, 1.165) is 24.4 Å². The largest absolute Gasteiger partial charge is 0.497 e. The van der Waals surface area contributed by atoms with Crippen LogP contribution in [0.5, 0.6) is 17.2 Å². The van der Waals surface area contributed by atoms with E-state index in [1.165, 1.54) is 5.56 Å². The summed E-state index contributed by atoms with van der Waals surface area (Å²) >= 11 is 0. The first-order valence-corrected chi connectivity index (χ1v) is 8.61. The number of ether oxygens (including phenoxy) is 3. The molecule has 26 heavy (non-hydrogen) atoms. The van der Waals surface area contributed by atoms with Crippen LogP contribution in [0.3, 0.4) is 0 Å². The Hall–Kier alpha value is -2.89. The molecular formula is C20H27N3O3. The summed E-state index contributed by atoms with van der Waals surface area (Å²) in [6.45, 7) is 3.27. The summed E-state index contributed by atoms with van der Waals surface area (Å²) in [5.74, 6) is 2.97. The molecule has 140 valence electrons. The molecule has 6 heteroatoms. The first-order valence-electron chi connectivity index (χ1n) is 8.61.